The molecule has 0 amide bonds. The van der Waals surface area contributed by atoms with E-state index in [9.17, 15) is 0 Å². The Bertz CT molecular complexity index is 351. The fourth-order valence-corrected chi connectivity index (χ4v) is 2.12. The zero-order valence-electron chi connectivity index (χ0n) is 9.98. The third kappa shape index (κ3) is 2.50. The second-order valence-electron chi connectivity index (χ2n) is 4.83. The van der Waals surface area contributed by atoms with E-state index < -0.39 is 0 Å². The third-order valence-electron chi connectivity index (χ3n) is 3.18. The summed E-state index contributed by atoms with van der Waals surface area (Å²) in [4.78, 5) is 8.49. The molecule has 2 rings (SSSR count). The van der Waals surface area contributed by atoms with Crippen molar-refractivity contribution in [2.45, 2.75) is 51.1 Å². The second-order valence-corrected chi connectivity index (χ2v) is 4.83. The normalized spacial score (nSPS) is 25.0. The van der Waals surface area contributed by atoms with Crippen molar-refractivity contribution >= 4 is 5.82 Å². The van der Waals surface area contributed by atoms with E-state index in [-0.39, 0.29) is 6.04 Å². The largest absolute Gasteiger partial charge is 0.366 e. The minimum Gasteiger partial charge on any atom is -0.366 e. The molecule has 1 aromatic rings. The Labute approximate surface area is 96.7 Å². The van der Waals surface area contributed by atoms with Gasteiger partial charge in [-0.3, -0.25) is 0 Å². The summed E-state index contributed by atoms with van der Waals surface area (Å²) in [6, 6.07) is 2.66. The maximum atomic E-state index is 6.02. The lowest BCUT2D eigenvalue weighted by molar-refractivity contribution is 0.635. The van der Waals surface area contributed by atoms with Crippen molar-refractivity contribution in [2.24, 2.45) is 5.73 Å². The number of anilines is 1. The maximum Gasteiger partial charge on any atom is 0.129 e. The van der Waals surface area contributed by atoms with Gasteiger partial charge in [0.15, 0.2) is 0 Å². The van der Waals surface area contributed by atoms with Gasteiger partial charge in [0.1, 0.15) is 12.1 Å². The van der Waals surface area contributed by atoms with Crippen molar-refractivity contribution in [1.82, 2.24) is 9.97 Å². The molecule has 1 aliphatic rings. The average molecular weight is 220 g/mol. The standard InChI is InChI=1S/C12H20N4/c1-8(2)11-6-12(15-7-14-11)16-10-5-3-4-9(10)13/h6-10H,3-5,13H2,1-2H3,(H,14,15,16). The number of hydrogen-bond acceptors (Lipinski definition) is 4. The van der Waals surface area contributed by atoms with Gasteiger partial charge in [-0.15, -0.1) is 0 Å². The zero-order chi connectivity index (χ0) is 11.5. The molecule has 0 radical (unpaired) electrons. The van der Waals surface area contributed by atoms with Crippen LogP contribution in [0.4, 0.5) is 5.82 Å². The summed E-state index contributed by atoms with van der Waals surface area (Å²) in [6.45, 7) is 4.26. The van der Waals surface area contributed by atoms with E-state index in [2.05, 4.69) is 29.1 Å². The van der Waals surface area contributed by atoms with Crippen molar-refractivity contribution in [3.63, 3.8) is 0 Å². The highest BCUT2D eigenvalue weighted by Crippen LogP contribution is 2.21. The van der Waals surface area contributed by atoms with Gasteiger partial charge in [0.05, 0.1) is 0 Å². The fourth-order valence-electron chi connectivity index (χ4n) is 2.12. The maximum absolute atomic E-state index is 6.02. The lowest BCUT2D eigenvalue weighted by Crippen LogP contribution is -2.35. The minimum atomic E-state index is 0.262. The molecule has 2 unspecified atom stereocenters. The van der Waals surface area contributed by atoms with Gasteiger partial charge >= 0.3 is 0 Å². The number of nitrogens with two attached hydrogens (primary N) is 1. The third-order valence-corrected chi connectivity index (χ3v) is 3.18. The molecule has 0 aliphatic heterocycles. The monoisotopic (exact) mass is 220 g/mol. The summed E-state index contributed by atoms with van der Waals surface area (Å²) in [5, 5.41) is 3.41. The van der Waals surface area contributed by atoms with Crippen LogP contribution in [-0.2, 0) is 0 Å². The highest BCUT2D eigenvalue weighted by molar-refractivity contribution is 5.37. The molecule has 4 nitrogen and oxygen atoms in total. The van der Waals surface area contributed by atoms with E-state index in [4.69, 9.17) is 5.73 Å². The molecule has 88 valence electrons. The molecule has 0 saturated heterocycles. The van der Waals surface area contributed by atoms with Gasteiger partial charge in [-0.25, -0.2) is 9.97 Å². The van der Waals surface area contributed by atoms with Crippen LogP contribution in [0.2, 0.25) is 0 Å². The molecule has 1 aliphatic carbocycles. The summed E-state index contributed by atoms with van der Waals surface area (Å²) in [6.07, 6.45) is 5.08. The van der Waals surface area contributed by atoms with Crippen LogP contribution in [0.25, 0.3) is 0 Å². The summed E-state index contributed by atoms with van der Waals surface area (Å²) in [5.74, 6) is 1.34. The van der Waals surface area contributed by atoms with Crippen LogP contribution in [0.15, 0.2) is 12.4 Å². The highest BCUT2D eigenvalue weighted by Gasteiger charge is 2.23. The first-order chi connectivity index (χ1) is 7.66. The molecule has 0 bridgehead atoms. The predicted octanol–water partition coefficient (Wildman–Crippen LogP) is 1.89. The van der Waals surface area contributed by atoms with Crippen LogP contribution < -0.4 is 11.1 Å². The summed E-state index contributed by atoms with van der Waals surface area (Å²) in [5.41, 5.74) is 7.09. The molecule has 4 heteroatoms. The Morgan fingerprint density at radius 2 is 2.19 bits per heavy atom. The van der Waals surface area contributed by atoms with Gasteiger partial charge < -0.3 is 11.1 Å². The lowest BCUT2D eigenvalue weighted by Gasteiger charge is -2.18. The van der Waals surface area contributed by atoms with Gasteiger partial charge in [0, 0.05) is 23.8 Å². The highest BCUT2D eigenvalue weighted by atomic mass is 15.1. The van der Waals surface area contributed by atoms with Crippen molar-refractivity contribution in [3.8, 4) is 0 Å². The number of rotatable bonds is 3. The molecule has 1 saturated carbocycles. The Hall–Kier alpha value is -1.16. The first-order valence-electron chi connectivity index (χ1n) is 6.01. The van der Waals surface area contributed by atoms with Crippen LogP contribution >= 0.6 is 0 Å². The van der Waals surface area contributed by atoms with E-state index in [0.717, 1.165) is 24.4 Å². The molecule has 3 N–H and O–H groups in total. The molecule has 0 aromatic carbocycles. The summed E-state index contributed by atoms with van der Waals surface area (Å²) < 4.78 is 0. The summed E-state index contributed by atoms with van der Waals surface area (Å²) in [7, 11) is 0. The number of aromatic nitrogens is 2. The van der Waals surface area contributed by atoms with Gasteiger partial charge in [0.2, 0.25) is 0 Å². The number of hydrogen-bond donors (Lipinski definition) is 2. The smallest absolute Gasteiger partial charge is 0.129 e. The van der Waals surface area contributed by atoms with E-state index >= 15 is 0 Å². The van der Waals surface area contributed by atoms with Crippen molar-refractivity contribution < 1.29 is 0 Å². The topological polar surface area (TPSA) is 63.8 Å². The number of nitrogens with one attached hydrogen (secondary N) is 1. The first-order valence-corrected chi connectivity index (χ1v) is 6.01. The Kier molecular flexibility index (Phi) is 3.39. The van der Waals surface area contributed by atoms with E-state index in [1.54, 1.807) is 6.33 Å². The fraction of sp³-hybridized carbons (Fsp3) is 0.667. The number of nitrogens with zero attached hydrogens (tertiary/aromatic N) is 2. The first kappa shape index (κ1) is 11.3. The SMILES string of the molecule is CC(C)c1cc(NC2CCCC2N)ncn1. The van der Waals surface area contributed by atoms with Crippen molar-refractivity contribution in [3.05, 3.63) is 18.1 Å². The van der Waals surface area contributed by atoms with Crippen LogP contribution in [0, 0.1) is 0 Å². The van der Waals surface area contributed by atoms with Crippen molar-refractivity contribution in [1.29, 1.82) is 0 Å². The van der Waals surface area contributed by atoms with Gasteiger partial charge in [-0.05, 0) is 25.2 Å². The van der Waals surface area contributed by atoms with Crippen LogP contribution in [-0.4, -0.2) is 22.1 Å². The molecule has 0 spiro atoms. The molecule has 16 heavy (non-hydrogen) atoms. The zero-order valence-corrected chi connectivity index (χ0v) is 9.98. The van der Waals surface area contributed by atoms with E-state index in [1.165, 1.54) is 6.42 Å². The quantitative estimate of drug-likeness (QED) is 0.816. The Morgan fingerprint density at radius 1 is 1.38 bits per heavy atom. The molecule has 2 atom stereocenters. The lowest BCUT2D eigenvalue weighted by atomic mass is 10.1. The van der Waals surface area contributed by atoms with Gasteiger partial charge in [-0.2, -0.15) is 0 Å². The molecule has 1 heterocycles. The Morgan fingerprint density at radius 3 is 2.81 bits per heavy atom. The molecule has 1 fully saturated rings. The molecular weight excluding hydrogens is 200 g/mol. The van der Waals surface area contributed by atoms with Crippen LogP contribution in [0.3, 0.4) is 0 Å². The Balaban J connectivity index is 2.06. The van der Waals surface area contributed by atoms with Crippen molar-refractivity contribution in [2.75, 3.05) is 5.32 Å². The van der Waals surface area contributed by atoms with E-state index in [0.29, 0.717) is 12.0 Å². The summed E-state index contributed by atoms with van der Waals surface area (Å²) >= 11 is 0. The minimum absolute atomic E-state index is 0.262. The van der Waals surface area contributed by atoms with Gasteiger partial charge in [-0.1, -0.05) is 13.8 Å². The van der Waals surface area contributed by atoms with Crippen LogP contribution in [0.5, 0.6) is 0 Å². The molecular formula is C12H20N4. The predicted molar refractivity (Wildman–Crippen MR) is 65.4 cm³/mol. The van der Waals surface area contributed by atoms with Gasteiger partial charge in [0.25, 0.3) is 0 Å². The molecule has 1 aromatic heterocycles. The average Bonchev–Trinajstić information content (AvgIpc) is 2.65. The van der Waals surface area contributed by atoms with E-state index in [1.807, 2.05) is 6.07 Å². The second kappa shape index (κ2) is 4.78. The van der Waals surface area contributed by atoms with Crippen LogP contribution in [0.1, 0.15) is 44.7 Å².